The second kappa shape index (κ2) is 22.5. The second-order valence-electron chi connectivity index (χ2n) is 3.64. The third kappa shape index (κ3) is 61.0. The zero-order valence-electron chi connectivity index (χ0n) is 13.7. The summed E-state index contributed by atoms with van der Waals surface area (Å²) in [5.74, 6) is -1.20. The van der Waals surface area contributed by atoms with Crippen LogP contribution in [0.4, 0.5) is 0 Å². The number of aliphatic carboxylic acids is 2. The molecule has 8 nitrogen and oxygen atoms in total. The second-order valence-corrected chi connectivity index (χ2v) is 3.64. The van der Waals surface area contributed by atoms with Crippen LogP contribution < -0.4 is 10.2 Å². The minimum atomic E-state index is -1.08. The predicted octanol–water partition coefficient (Wildman–Crippen LogP) is -3.21. The van der Waals surface area contributed by atoms with E-state index in [1.165, 1.54) is 0 Å². The molecule has 0 saturated carbocycles. The van der Waals surface area contributed by atoms with Crippen molar-refractivity contribution in [3.8, 4) is 0 Å². The van der Waals surface area contributed by atoms with Crippen molar-refractivity contribution in [2.24, 2.45) is 0 Å². The summed E-state index contributed by atoms with van der Waals surface area (Å²) in [4.78, 5) is 24.5. The maximum absolute atomic E-state index is 8.89. The molecule has 3 unspecified atom stereocenters. The van der Waals surface area contributed by atoms with Crippen LogP contribution in [0.25, 0.3) is 0 Å². The van der Waals surface area contributed by atoms with Crippen molar-refractivity contribution in [3.05, 3.63) is 18.2 Å². The number of carbonyl (C=O) groups excluding carboxylic acids is 2. The summed E-state index contributed by atoms with van der Waals surface area (Å²) >= 11 is 0. The molecule has 10 heteroatoms. The molecule has 1 aromatic heterocycles. The minimum absolute atomic E-state index is 0. The number of carboxylic acid groups (broad SMARTS) is 2. The molecule has 0 bridgehead atoms. The SMILES string of the molecule is CC(=O)[O-].CC(=O)[O-].CC(O)C(C)O.Cc1ncc[nH]1.[AsH3].[Zn+2]. The summed E-state index contributed by atoms with van der Waals surface area (Å²) in [7, 11) is 0. The smallest absolute Gasteiger partial charge is 2.00 e. The van der Waals surface area contributed by atoms with Crippen molar-refractivity contribution >= 4 is 29.9 Å². The number of hydrogen-bond donors (Lipinski definition) is 3. The van der Waals surface area contributed by atoms with Gasteiger partial charge in [0.15, 0.2) is 0 Å². The number of H-pyrrole nitrogens is 1. The first-order valence-electron chi connectivity index (χ1n) is 5.67. The van der Waals surface area contributed by atoms with E-state index in [1.807, 2.05) is 6.92 Å². The van der Waals surface area contributed by atoms with E-state index < -0.39 is 24.1 Å². The summed E-state index contributed by atoms with van der Waals surface area (Å²) in [5, 5.41) is 34.5. The average molecular weight is 434 g/mol. The molecule has 3 atom stereocenters. The van der Waals surface area contributed by atoms with Gasteiger partial charge in [-0.1, -0.05) is 0 Å². The third-order valence-corrected chi connectivity index (χ3v) is 1.33. The van der Waals surface area contributed by atoms with Crippen LogP contribution in [-0.2, 0) is 29.1 Å². The first kappa shape index (κ1) is 33.0. The zero-order valence-corrected chi connectivity index (χ0v) is 19.6. The van der Waals surface area contributed by atoms with E-state index in [1.54, 1.807) is 26.2 Å². The van der Waals surface area contributed by atoms with Gasteiger partial charge in [0, 0.05) is 24.3 Å². The van der Waals surface area contributed by atoms with Crippen LogP contribution in [0, 0.1) is 6.92 Å². The van der Waals surface area contributed by atoms with Crippen LogP contribution in [-0.4, -0.2) is 62.3 Å². The fraction of sp³-hybridized carbons (Fsp3) is 0.583. The van der Waals surface area contributed by atoms with Crippen molar-refractivity contribution in [1.29, 1.82) is 0 Å². The van der Waals surface area contributed by atoms with E-state index in [0.29, 0.717) is 0 Å². The number of hydrogen-bond acceptors (Lipinski definition) is 7. The van der Waals surface area contributed by atoms with Crippen LogP contribution in [0.2, 0.25) is 0 Å². The fourth-order valence-electron chi connectivity index (χ4n) is 0.344. The number of aliphatic hydroxyl groups is 2. The maximum atomic E-state index is 8.89. The Labute approximate surface area is 154 Å². The molecule has 1 rings (SSSR count). The Balaban J connectivity index is -0.0000000578. The molecule has 3 N–H and O–H groups in total. The van der Waals surface area contributed by atoms with E-state index in [-0.39, 0.29) is 37.4 Å². The molecule has 1 aromatic rings. The third-order valence-electron chi connectivity index (χ3n) is 1.33. The molecule has 0 aromatic carbocycles. The minimum Gasteiger partial charge on any atom is 2.00 e. The predicted molar refractivity (Wildman–Crippen MR) is 78.0 cm³/mol. The molecule has 0 aliphatic carbocycles. The Morgan fingerprint density at radius 1 is 1.14 bits per heavy atom. The Hall–Kier alpha value is -0.748. The van der Waals surface area contributed by atoms with E-state index in [2.05, 4.69) is 9.97 Å². The number of aromatic nitrogens is 2. The molecular formula is C12H25AsN2O6Zn. The molecule has 0 fully saturated rings. The number of nitrogens with zero attached hydrogens (tertiary/aromatic N) is 1. The van der Waals surface area contributed by atoms with Gasteiger partial charge in [0.1, 0.15) is 5.82 Å². The summed E-state index contributed by atoms with van der Waals surface area (Å²) in [5.41, 5.74) is 0. The number of imidazole rings is 1. The Morgan fingerprint density at radius 2 is 1.41 bits per heavy atom. The molecule has 0 aliphatic rings. The number of carbonyl (C=O) groups is 2. The number of aromatic amines is 1. The molecule has 0 radical (unpaired) electrons. The van der Waals surface area contributed by atoms with Crippen LogP contribution in [0.1, 0.15) is 33.5 Å². The van der Waals surface area contributed by atoms with Crippen molar-refractivity contribution in [2.75, 3.05) is 0 Å². The fourth-order valence-corrected chi connectivity index (χ4v) is 0.344. The maximum Gasteiger partial charge on any atom is 2.00 e. The molecule has 0 spiro atoms. The van der Waals surface area contributed by atoms with Crippen LogP contribution in [0.3, 0.4) is 0 Å². The van der Waals surface area contributed by atoms with Crippen LogP contribution in [0.5, 0.6) is 0 Å². The van der Waals surface area contributed by atoms with Crippen LogP contribution >= 0.6 is 0 Å². The quantitative estimate of drug-likeness (QED) is 0.395. The molecule has 1 heterocycles. The normalized spacial score (nSPS) is 10.1. The average Bonchev–Trinajstić information content (AvgIpc) is 2.68. The summed E-state index contributed by atoms with van der Waals surface area (Å²) in [6.45, 7) is 6.95. The first-order valence-corrected chi connectivity index (χ1v) is 5.67. The molecule has 0 saturated heterocycles. The van der Waals surface area contributed by atoms with Crippen molar-refractivity contribution < 1.29 is 49.5 Å². The summed E-state index contributed by atoms with van der Waals surface area (Å²) in [6.07, 6.45) is 2.35. The molecule has 0 amide bonds. The Kier molecular flexibility index (Phi) is 33.8. The molecule has 126 valence electrons. The van der Waals surface area contributed by atoms with Gasteiger partial charge in [0.05, 0.1) is 12.2 Å². The van der Waals surface area contributed by atoms with Crippen molar-refractivity contribution in [3.63, 3.8) is 0 Å². The monoisotopic (exact) mass is 432 g/mol. The molecule has 22 heavy (non-hydrogen) atoms. The largest absolute Gasteiger partial charge is 2.00 e. The number of rotatable bonds is 1. The van der Waals surface area contributed by atoms with E-state index >= 15 is 0 Å². The number of aliphatic hydroxyl groups excluding tert-OH is 2. The van der Waals surface area contributed by atoms with Gasteiger partial charge in [0.2, 0.25) is 0 Å². The van der Waals surface area contributed by atoms with Gasteiger partial charge >= 0.3 is 37.4 Å². The number of carboxylic acids is 2. The van der Waals surface area contributed by atoms with Gasteiger partial charge in [-0.3, -0.25) is 0 Å². The van der Waals surface area contributed by atoms with Gasteiger partial charge in [0.25, 0.3) is 0 Å². The van der Waals surface area contributed by atoms with Crippen molar-refractivity contribution in [1.82, 2.24) is 9.97 Å². The van der Waals surface area contributed by atoms with Gasteiger partial charge in [-0.05, 0) is 34.6 Å². The van der Waals surface area contributed by atoms with Gasteiger partial charge in [-0.2, -0.15) is 0 Å². The van der Waals surface area contributed by atoms with Crippen LogP contribution in [0.15, 0.2) is 12.4 Å². The Morgan fingerprint density at radius 3 is 1.45 bits per heavy atom. The summed E-state index contributed by atoms with van der Waals surface area (Å²) < 4.78 is 0. The van der Waals surface area contributed by atoms with E-state index in [4.69, 9.17) is 30.0 Å². The van der Waals surface area contributed by atoms with Gasteiger partial charge in [-0.15, -0.1) is 0 Å². The molecular weight excluding hydrogens is 408 g/mol. The van der Waals surface area contributed by atoms with Gasteiger partial charge < -0.3 is 35.0 Å². The molecule has 0 aliphatic heterocycles. The zero-order chi connectivity index (χ0) is 16.7. The Bertz CT molecular complexity index is 321. The topological polar surface area (TPSA) is 149 Å². The summed E-state index contributed by atoms with van der Waals surface area (Å²) in [6, 6.07) is 0. The number of nitrogens with one attached hydrogen (secondary N) is 1. The van der Waals surface area contributed by atoms with Crippen molar-refractivity contribution in [2.45, 2.75) is 46.8 Å². The first-order chi connectivity index (χ1) is 9.00. The standard InChI is InChI=1S/C4H6N2.C4H10O2.2C2H4O2.AsH3.Zn/c1-4-5-2-3-6-4;1-3(5)4(2)6;2*1-2(3)4;;/h2-3H,1H3,(H,5,6);3-6H,1-2H3;2*1H3,(H,3,4);1H3;/q;;;;;+2/p-2. The van der Waals surface area contributed by atoms with E-state index in [0.717, 1.165) is 19.7 Å². The van der Waals surface area contributed by atoms with Gasteiger partial charge in [-0.25, -0.2) is 4.98 Å². The number of aryl methyl sites for hydroxylation is 1. The van der Waals surface area contributed by atoms with E-state index in [9.17, 15) is 0 Å².